The molecule has 0 aliphatic rings. The highest BCUT2D eigenvalue weighted by atomic mass is 28.4. The molecule has 0 saturated carbocycles. The molecule has 0 aliphatic carbocycles. The Balaban J connectivity index is 2.34. The van der Waals surface area contributed by atoms with Crippen molar-refractivity contribution in [1.29, 1.82) is 0 Å². The molecule has 0 unspecified atom stereocenters. The van der Waals surface area contributed by atoms with Gasteiger partial charge in [-0.3, -0.25) is 0 Å². The van der Waals surface area contributed by atoms with E-state index in [1.54, 1.807) is 0 Å². The minimum absolute atomic E-state index is 0.268. The maximum atomic E-state index is 6.32. The summed E-state index contributed by atoms with van der Waals surface area (Å²) in [5, 5.41) is 3.75. The van der Waals surface area contributed by atoms with Crippen molar-refractivity contribution in [2.75, 3.05) is 6.54 Å². The molecule has 108 valence electrons. The molecule has 1 N–H and O–H groups in total. The molecule has 0 aliphatic heterocycles. The van der Waals surface area contributed by atoms with E-state index in [-0.39, 0.29) is 11.1 Å². The normalized spacial score (nSPS) is 14.4. The number of hydrogen-bond acceptors (Lipinski definition) is 2. The van der Waals surface area contributed by atoms with Gasteiger partial charge >= 0.3 is 0 Å². The summed E-state index contributed by atoms with van der Waals surface area (Å²) in [6, 6.07) is 10.5. The smallest absolute Gasteiger partial charge is 0.192 e. The van der Waals surface area contributed by atoms with Crippen LogP contribution in [-0.2, 0) is 11.0 Å². The van der Waals surface area contributed by atoms with Crippen LogP contribution in [0.25, 0.3) is 0 Å². The number of nitrogens with one attached hydrogen (secondary N) is 1. The lowest BCUT2D eigenvalue weighted by molar-refractivity contribution is 0.195. The molecule has 0 fully saturated rings. The van der Waals surface area contributed by atoms with Crippen molar-refractivity contribution in [1.82, 2.24) is 5.32 Å². The molecule has 1 aromatic rings. The fourth-order valence-electron chi connectivity index (χ4n) is 1.74. The quantitative estimate of drug-likeness (QED) is 0.789. The Bertz CT molecular complexity index is 370. The average Bonchev–Trinajstić information content (AvgIpc) is 2.28. The van der Waals surface area contributed by atoms with Crippen LogP contribution in [0, 0.1) is 0 Å². The Morgan fingerprint density at radius 2 is 1.74 bits per heavy atom. The van der Waals surface area contributed by atoms with E-state index in [9.17, 15) is 0 Å². The zero-order valence-corrected chi connectivity index (χ0v) is 14.3. The van der Waals surface area contributed by atoms with Crippen LogP contribution >= 0.6 is 0 Å². The Morgan fingerprint density at radius 1 is 1.16 bits per heavy atom. The molecule has 0 radical (unpaired) electrons. The number of benzene rings is 1. The fourth-order valence-corrected chi connectivity index (χ4v) is 3.18. The lowest BCUT2D eigenvalue weighted by atomic mass is 10.2. The first-order valence-electron chi connectivity index (χ1n) is 7.15. The van der Waals surface area contributed by atoms with Crippen molar-refractivity contribution in [2.24, 2.45) is 0 Å². The van der Waals surface area contributed by atoms with E-state index in [4.69, 9.17) is 4.43 Å². The van der Waals surface area contributed by atoms with Crippen molar-refractivity contribution in [3.63, 3.8) is 0 Å². The van der Waals surface area contributed by atoms with E-state index in [0.717, 1.165) is 13.1 Å². The Kier molecular flexibility index (Phi) is 5.77. The zero-order chi connectivity index (χ0) is 14.5. The van der Waals surface area contributed by atoms with Crippen molar-refractivity contribution >= 4 is 8.32 Å². The third-order valence-electron chi connectivity index (χ3n) is 3.91. The van der Waals surface area contributed by atoms with Gasteiger partial charge < -0.3 is 9.74 Å². The van der Waals surface area contributed by atoms with Crippen LogP contribution < -0.4 is 5.32 Å². The molecule has 1 aromatic carbocycles. The first kappa shape index (κ1) is 16.4. The molecule has 0 bridgehead atoms. The molecular weight excluding hydrogens is 250 g/mol. The third-order valence-corrected chi connectivity index (χ3v) is 8.51. The second-order valence-corrected chi connectivity index (χ2v) is 11.6. The highest BCUT2D eigenvalue weighted by Gasteiger charge is 2.38. The van der Waals surface area contributed by atoms with Crippen molar-refractivity contribution in [3.8, 4) is 0 Å². The molecule has 3 heteroatoms. The number of rotatable bonds is 6. The summed E-state index contributed by atoms with van der Waals surface area (Å²) in [4.78, 5) is 0. The molecule has 1 rings (SSSR count). The highest BCUT2D eigenvalue weighted by molar-refractivity contribution is 6.74. The lowest BCUT2D eigenvalue weighted by Gasteiger charge is -2.38. The van der Waals surface area contributed by atoms with E-state index in [0.29, 0.717) is 0 Å². The first-order chi connectivity index (χ1) is 8.72. The van der Waals surface area contributed by atoms with Gasteiger partial charge in [0.2, 0.25) is 0 Å². The van der Waals surface area contributed by atoms with Gasteiger partial charge in [0.15, 0.2) is 8.32 Å². The van der Waals surface area contributed by atoms with Gasteiger partial charge in [0.1, 0.15) is 0 Å². The summed E-state index contributed by atoms with van der Waals surface area (Å²) in [5.74, 6) is 0. The van der Waals surface area contributed by atoms with E-state index < -0.39 is 8.32 Å². The van der Waals surface area contributed by atoms with Crippen LogP contribution in [0.1, 0.15) is 33.3 Å². The minimum Gasteiger partial charge on any atom is -0.413 e. The van der Waals surface area contributed by atoms with Gasteiger partial charge in [0, 0.05) is 13.1 Å². The van der Waals surface area contributed by atoms with Crippen molar-refractivity contribution < 1.29 is 4.43 Å². The predicted molar refractivity (Wildman–Crippen MR) is 85.9 cm³/mol. The van der Waals surface area contributed by atoms with Gasteiger partial charge in [-0.05, 0) is 30.6 Å². The summed E-state index contributed by atoms with van der Waals surface area (Å²) in [6.07, 6.45) is 0.268. The largest absolute Gasteiger partial charge is 0.413 e. The van der Waals surface area contributed by atoms with Gasteiger partial charge in [-0.1, -0.05) is 51.1 Å². The predicted octanol–water partition coefficient (Wildman–Crippen LogP) is 4.19. The summed E-state index contributed by atoms with van der Waals surface area (Å²) < 4.78 is 6.32. The Morgan fingerprint density at radius 3 is 2.26 bits per heavy atom. The molecule has 19 heavy (non-hydrogen) atoms. The van der Waals surface area contributed by atoms with Crippen LogP contribution in [0.15, 0.2) is 30.3 Å². The Hall–Kier alpha value is -0.643. The van der Waals surface area contributed by atoms with Crippen LogP contribution in [0.2, 0.25) is 18.1 Å². The second kappa shape index (κ2) is 6.68. The van der Waals surface area contributed by atoms with Crippen molar-refractivity contribution in [2.45, 2.75) is 58.5 Å². The minimum atomic E-state index is -1.64. The topological polar surface area (TPSA) is 21.3 Å². The lowest BCUT2D eigenvalue weighted by Crippen LogP contribution is -2.45. The summed E-state index contributed by atoms with van der Waals surface area (Å²) in [6.45, 7) is 15.4. The van der Waals surface area contributed by atoms with Gasteiger partial charge in [-0.25, -0.2) is 0 Å². The van der Waals surface area contributed by atoms with Crippen LogP contribution in [-0.4, -0.2) is 21.0 Å². The molecule has 0 amide bonds. The van der Waals surface area contributed by atoms with Crippen LogP contribution in [0.3, 0.4) is 0 Å². The number of hydrogen-bond donors (Lipinski definition) is 1. The van der Waals surface area contributed by atoms with E-state index >= 15 is 0 Å². The second-order valence-electron chi connectivity index (χ2n) is 6.81. The summed E-state index contributed by atoms with van der Waals surface area (Å²) in [7, 11) is -1.64. The first-order valence-corrected chi connectivity index (χ1v) is 10.1. The van der Waals surface area contributed by atoms with Gasteiger partial charge in [0.05, 0.1) is 6.10 Å². The SMILES string of the molecule is C[C@@H](CNCc1ccccc1)O[Si](C)(C)C(C)(C)C. The van der Waals surface area contributed by atoms with Gasteiger partial charge in [0.25, 0.3) is 0 Å². The molecule has 1 atom stereocenters. The Labute approximate surface area is 119 Å². The van der Waals surface area contributed by atoms with Crippen LogP contribution in [0.5, 0.6) is 0 Å². The highest BCUT2D eigenvalue weighted by Crippen LogP contribution is 2.37. The average molecular weight is 280 g/mol. The van der Waals surface area contributed by atoms with Crippen LogP contribution in [0.4, 0.5) is 0 Å². The van der Waals surface area contributed by atoms with E-state index in [1.807, 2.05) is 6.07 Å². The molecule has 0 saturated heterocycles. The van der Waals surface area contributed by atoms with E-state index in [2.05, 4.69) is 70.4 Å². The third kappa shape index (κ3) is 5.47. The molecular formula is C16H29NOSi. The molecule has 0 heterocycles. The van der Waals surface area contributed by atoms with E-state index in [1.165, 1.54) is 5.56 Å². The molecule has 2 nitrogen and oxygen atoms in total. The molecule has 0 spiro atoms. The fraction of sp³-hybridized carbons (Fsp3) is 0.625. The van der Waals surface area contributed by atoms with Crippen molar-refractivity contribution in [3.05, 3.63) is 35.9 Å². The van der Waals surface area contributed by atoms with Gasteiger partial charge in [-0.2, -0.15) is 0 Å². The standard InChI is InChI=1S/C16H29NOSi/c1-14(18-19(5,6)16(2,3)4)12-17-13-15-10-8-7-9-11-15/h7-11,14,17H,12-13H2,1-6H3/t14-/m0/s1. The summed E-state index contributed by atoms with van der Waals surface area (Å²) >= 11 is 0. The zero-order valence-electron chi connectivity index (χ0n) is 13.3. The monoisotopic (exact) mass is 279 g/mol. The maximum Gasteiger partial charge on any atom is 0.192 e. The van der Waals surface area contributed by atoms with Gasteiger partial charge in [-0.15, -0.1) is 0 Å². The maximum absolute atomic E-state index is 6.32. The molecule has 0 aromatic heterocycles. The summed E-state index contributed by atoms with van der Waals surface area (Å²) in [5.41, 5.74) is 1.32.